The summed E-state index contributed by atoms with van der Waals surface area (Å²) in [7, 11) is 0. The van der Waals surface area contributed by atoms with Gasteiger partial charge in [0, 0.05) is 27.6 Å². The van der Waals surface area contributed by atoms with Gasteiger partial charge in [-0.2, -0.15) is 0 Å². The molecular weight excluding hydrogens is 452 g/mol. The van der Waals surface area contributed by atoms with E-state index in [2.05, 4.69) is 6.92 Å². The van der Waals surface area contributed by atoms with Gasteiger partial charge in [0.05, 0.1) is 5.69 Å². The van der Waals surface area contributed by atoms with Crippen LogP contribution in [0.2, 0.25) is 5.02 Å². The zero-order valence-electron chi connectivity index (χ0n) is 18.6. The first-order chi connectivity index (χ1) is 16.0. The van der Waals surface area contributed by atoms with E-state index in [-0.39, 0.29) is 11.9 Å². The second-order valence-corrected chi connectivity index (χ2v) is 9.03. The van der Waals surface area contributed by atoms with Crippen molar-refractivity contribution in [3.8, 4) is 17.0 Å². The summed E-state index contributed by atoms with van der Waals surface area (Å²) >= 11 is 7.48. The molecule has 168 valence electrons. The van der Waals surface area contributed by atoms with Crippen molar-refractivity contribution in [1.29, 1.82) is 0 Å². The highest BCUT2D eigenvalue weighted by molar-refractivity contribution is 7.14. The summed E-state index contributed by atoms with van der Waals surface area (Å²) in [6.07, 6.45) is 0.811. The van der Waals surface area contributed by atoms with E-state index in [9.17, 15) is 4.79 Å². The van der Waals surface area contributed by atoms with Crippen LogP contribution in [-0.4, -0.2) is 16.9 Å². The van der Waals surface area contributed by atoms with Gasteiger partial charge in [0.2, 0.25) is 0 Å². The van der Waals surface area contributed by atoms with Gasteiger partial charge in [-0.25, -0.2) is 4.98 Å². The Balaban J connectivity index is 1.57. The molecule has 4 nitrogen and oxygen atoms in total. The first-order valence-corrected chi connectivity index (χ1v) is 12.1. The minimum Gasteiger partial charge on any atom is -0.489 e. The van der Waals surface area contributed by atoms with Crippen molar-refractivity contribution < 1.29 is 9.53 Å². The predicted octanol–water partition coefficient (Wildman–Crippen LogP) is 7.49. The zero-order valence-corrected chi connectivity index (χ0v) is 20.1. The number of hydrogen-bond donors (Lipinski definition) is 0. The van der Waals surface area contributed by atoms with Gasteiger partial charge in [0.1, 0.15) is 12.4 Å². The molecule has 0 fully saturated rings. The number of carbonyl (C=O) groups is 1. The van der Waals surface area contributed by atoms with E-state index in [0.29, 0.717) is 28.1 Å². The average Bonchev–Trinajstić information content (AvgIpc) is 3.33. The van der Waals surface area contributed by atoms with E-state index in [4.69, 9.17) is 21.3 Å². The van der Waals surface area contributed by atoms with Crippen molar-refractivity contribution in [3.05, 3.63) is 100 Å². The van der Waals surface area contributed by atoms with Gasteiger partial charge in [-0.15, -0.1) is 11.3 Å². The highest BCUT2D eigenvalue weighted by atomic mass is 35.5. The van der Waals surface area contributed by atoms with Gasteiger partial charge in [-0.1, -0.05) is 67.1 Å². The SMILES string of the molecule is CC[C@@H](C)N(C(=O)c1cccc(OCc2ccccc2)c1)c1nc(-c2ccc(Cl)cc2)cs1. The van der Waals surface area contributed by atoms with E-state index in [1.54, 1.807) is 11.0 Å². The molecule has 1 amide bonds. The van der Waals surface area contributed by atoms with E-state index in [1.165, 1.54) is 11.3 Å². The molecule has 0 spiro atoms. The molecular formula is C27H25ClN2O2S. The lowest BCUT2D eigenvalue weighted by atomic mass is 10.1. The van der Waals surface area contributed by atoms with Crippen LogP contribution in [0.15, 0.2) is 84.2 Å². The molecule has 4 rings (SSSR count). The Morgan fingerprint density at radius 3 is 2.55 bits per heavy atom. The maximum atomic E-state index is 13.6. The Labute approximate surface area is 203 Å². The van der Waals surface area contributed by atoms with E-state index >= 15 is 0 Å². The lowest BCUT2D eigenvalue weighted by molar-refractivity contribution is 0.0977. The van der Waals surface area contributed by atoms with Crippen LogP contribution in [0.3, 0.4) is 0 Å². The fourth-order valence-corrected chi connectivity index (χ4v) is 4.44. The summed E-state index contributed by atoms with van der Waals surface area (Å²) in [6, 6.07) is 24.9. The summed E-state index contributed by atoms with van der Waals surface area (Å²) in [6.45, 7) is 4.56. The summed E-state index contributed by atoms with van der Waals surface area (Å²) < 4.78 is 5.93. The molecule has 1 atom stereocenters. The molecule has 0 saturated heterocycles. The number of halogens is 1. The molecule has 3 aromatic carbocycles. The molecule has 0 aliphatic carbocycles. The van der Waals surface area contributed by atoms with Crippen molar-refractivity contribution in [1.82, 2.24) is 4.98 Å². The van der Waals surface area contributed by atoms with Crippen LogP contribution in [0.5, 0.6) is 5.75 Å². The normalized spacial score (nSPS) is 11.7. The predicted molar refractivity (Wildman–Crippen MR) is 136 cm³/mol. The molecule has 6 heteroatoms. The number of carbonyl (C=O) groups excluding carboxylic acids is 1. The molecule has 33 heavy (non-hydrogen) atoms. The van der Waals surface area contributed by atoms with Crippen molar-refractivity contribution >= 4 is 34.0 Å². The summed E-state index contributed by atoms with van der Waals surface area (Å²) in [5, 5.41) is 3.33. The zero-order chi connectivity index (χ0) is 23.2. The fraction of sp³-hybridized carbons (Fsp3) is 0.185. The van der Waals surface area contributed by atoms with Crippen molar-refractivity contribution in [3.63, 3.8) is 0 Å². The maximum Gasteiger partial charge on any atom is 0.260 e. The third-order valence-electron chi connectivity index (χ3n) is 5.42. The molecule has 0 aliphatic heterocycles. The largest absolute Gasteiger partial charge is 0.489 e. The van der Waals surface area contributed by atoms with Crippen LogP contribution < -0.4 is 9.64 Å². The van der Waals surface area contributed by atoms with E-state index < -0.39 is 0 Å². The Bertz CT molecular complexity index is 1210. The smallest absolute Gasteiger partial charge is 0.260 e. The maximum absolute atomic E-state index is 13.6. The summed E-state index contributed by atoms with van der Waals surface area (Å²) in [5.74, 6) is 0.571. The van der Waals surface area contributed by atoms with Gasteiger partial charge in [-0.05, 0) is 49.2 Å². The molecule has 4 aromatic rings. The number of benzene rings is 3. The number of nitrogens with zero attached hydrogens (tertiary/aromatic N) is 2. The van der Waals surface area contributed by atoms with E-state index in [1.807, 2.05) is 85.1 Å². The first-order valence-electron chi connectivity index (χ1n) is 10.9. The number of rotatable bonds is 8. The molecule has 0 aliphatic rings. The highest BCUT2D eigenvalue weighted by Crippen LogP contribution is 2.31. The van der Waals surface area contributed by atoms with Gasteiger partial charge in [-0.3, -0.25) is 9.69 Å². The van der Waals surface area contributed by atoms with Gasteiger partial charge < -0.3 is 4.74 Å². The number of amides is 1. The molecule has 0 unspecified atom stereocenters. The second kappa shape index (κ2) is 10.6. The van der Waals surface area contributed by atoms with Crippen LogP contribution in [-0.2, 0) is 6.61 Å². The van der Waals surface area contributed by atoms with Crippen molar-refractivity contribution in [2.24, 2.45) is 0 Å². The molecule has 0 bridgehead atoms. The van der Waals surface area contributed by atoms with Crippen LogP contribution in [0, 0.1) is 0 Å². The lowest BCUT2D eigenvalue weighted by Gasteiger charge is -2.26. The molecule has 1 aromatic heterocycles. The lowest BCUT2D eigenvalue weighted by Crippen LogP contribution is -2.38. The standard InChI is InChI=1S/C27H25ClN2O2S/c1-3-19(2)30(27-29-25(18-33-27)21-12-14-23(28)15-13-21)26(31)22-10-7-11-24(16-22)32-17-20-8-5-4-6-9-20/h4-16,18-19H,3,17H2,1-2H3/t19-/m1/s1. The molecule has 0 radical (unpaired) electrons. The van der Waals surface area contributed by atoms with Crippen LogP contribution in [0.25, 0.3) is 11.3 Å². The average molecular weight is 477 g/mol. The third-order valence-corrected chi connectivity index (χ3v) is 6.51. The van der Waals surface area contributed by atoms with E-state index in [0.717, 1.165) is 23.2 Å². The molecule has 1 heterocycles. The fourth-order valence-electron chi connectivity index (χ4n) is 3.39. The monoisotopic (exact) mass is 476 g/mol. The van der Waals surface area contributed by atoms with Crippen molar-refractivity contribution in [2.45, 2.75) is 32.9 Å². The topological polar surface area (TPSA) is 42.4 Å². The number of anilines is 1. The quantitative estimate of drug-likeness (QED) is 0.264. The first kappa shape index (κ1) is 23.0. The van der Waals surface area contributed by atoms with Gasteiger partial charge >= 0.3 is 0 Å². The van der Waals surface area contributed by atoms with Gasteiger partial charge in [0.15, 0.2) is 5.13 Å². The minimum absolute atomic E-state index is 0.00406. The number of thiazole rings is 1. The van der Waals surface area contributed by atoms with Crippen LogP contribution in [0.1, 0.15) is 36.2 Å². The molecule has 0 saturated carbocycles. The number of hydrogen-bond acceptors (Lipinski definition) is 4. The Morgan fingerprint density at radius 1 is 1.06 bits per heavy atom. The number of aromatic nitrogens is 1. The minimum atomic E-state index is -0.0912. The van der Waals surface area contributed by atoms with Crippen molar-refractivity contribution in [2.75, 3.05) is 4.90 Å². The van der Waals surface area contributed by atoms with Crippen LogP contribution in [0.4, 0.5) is 5.13 Å². The third kappa shape index (κ3) is 5.62. The summed E-state index contributed by atoms with van der Waals surface area (Å²) in [4.78, 5) is 20.1. The van der Waals surface area contributed by atoms with Gasteiger partial charge in [0.25, 0.3) is 5.91 Å². The Kier molecular flexibility index (Phi) is 7.43. The Hall–Kier alpha value is -3.15. The molecule has 0 N–H and O–H groups in total. The Morgan fingerprint density at radius 2 is 1.82 bits per heavy atom. The van der Waals surface area contributed by atoms with Crippen LogP contribution >= 0.6 is 22.9 Å². The summed E-state index contributed by atoms with van der Waals surface area (Å²) in [5.41, 5.74) is 3.44. The highest BCUT2D eigenvalue weighted by Gasteiger charge is 2.25. The number of ether oxygens (including phenoxy) is 1. The second-order valence-electron chi connectivity index (χ2n) is 7.76.